The van der Waals surface area contributed by atoms with Crippen LogP contribution in [0.2, 0.25) is 0 Å². The van der Waals surface area contributed by atoms with Crippen LogP contribution >= 0.6 is 0 Å². The van der Waals surface area contributed by atoms with Gasteiger partial charge in [0.05, 0.1) is 16.9 Å². The summed E-state index contributed by atoms with van der Waals surface area (Å²) in [6.07, 6.45) is 3.56. The first-order valence-electron chi connectivity index (χ1n) is 10.8. The molecule has 3 aromatic rings. The number of hydrogen-bond acceptors (Lipinski definition) is 3. The Morgan fingerprint density at radius 3 is 2.25 bits per heavy atom. The number of carbonyl (C=O) groups excluding carboxylic acids is 2. The van der Waals surface area contributed by atoms with Crippen molar-refractivity contribution in [2.24, 2.45) is 0 Å². The summed E-state index contributed by atoms with van der Waals surface area (Å²) in [6.45, 7) is 1.99. The SMILES string of the molecule is CN(C(=O)c1ccc(NC(=O)c2ccccc2F)cc1)c1ccccc1N1CCCCC1. The summed E-state index contributed by atoms with van der Waals surface area (Å²) >= 11 is 0. The van der Waals surface area contributed by atoms with Crippen molar-refractivity contribution < 1.29 is 14.0 Å². The third-order valence-corrected chi connectivity index (χ3v) is 5.75. The second-order valence-electron chi connectivity index (χ2n) is 7.91. The molecular weight excluding hydrogens is 405 g/mol. The molecule has 32 heavy (non-hydrogen) atoms. The fraction of sp³-hybridized carbons (Fsp3) is 0.231. The van der Waals surface area contributed by atoms with Crippen LogP contribution in [0.1, 0.15) is 40.0 Å². The molecule has 0 spiro atoms. The number of halogens is 1. The van der Waals surface area contributed by atoms with E-state index in [9.17, 15) is 14.0 Å². The minimum Gasteiger partial charge on any atom is -0.370 e. The fourth-order valence-electron chi connectivity index (χ4n) is 3.99. The molecule has 1 N–H and O–H groups in total. The van der Waals surface area contributed by atoms with E-state index in [1.165, 1.54) is 24.6 Å². The van der Waals surface area contributed by atoms with E-state index in [-0.39, 0.29) is 11.5 Å². The van der Waals surface area contributed by atoms with E-state index in [1.54, 1.807) is 42.3 Å². The lowest BCUT2D eigenvalue weighted by Gasteiger charge is -2.32. The lowest BCUT2D eigenvalue weighted by Crippen LogP contribution is -2.33. The number of nitrogens with zero attached hydrogens (tertiary/aromatic N) is 2. The van der Waals surface area contributed by atoms with E-state index in [0.29, 0.717) is 11.3 Å². The molecule has 1 aliphatic heterocycles. The molecule has 1 saturated heterocycles. The Kier molecular flexibility index (Phi) is 6.50. The Morgan fingerprint density at radius 2 is 1.53 bits per heavy atom. The zero-order chi connectivity index (χ0) is 22.5. The Morgan fingerprint density at radius 1 is 0.875 bits per heavy atom. The van der Waals surface area contributed by atoms with Crippen LogP contribution in [-0.2, 0) is 0 Å². The lowest BCUT2D eigenvalue weighted by molar-refractivity contribution is 0.0991. The van der Waals surface area contributed by atoms with Crippen molar-refractivity contribution in [3.63, 3.8) is 0 Å². The molecule has 4 rings (SSSR count). The number of hydrogen-bond donors (Lipinski definition) is 1. The first-order chi connectivity index (χ1) is 15.5. The topological polar surface area (TPSA) is 52.7 Å². The van der Waals surface area contributed by atoms with E-state index >= 15 is 0 Å². The van der Waals surface area contributed by atoms with Crippen molar-refractivity contribution in [2.45, 2.75) is 19.3 Å². The Hall–Kier alpha value is -3.67. The van der Waals surface area contributed by atoms with Gasteiger partial charge in [0, 0.05) is 31.4 Å². The first-order valence-corrected chi connectivity index (χ1v) is 10.8. The van der Waals surface area contributed by atoms with Crippen LogP contribution in [-0.4, -0.2) is 32.0 Å². The number of anilines is 3. The smallest absolute Gasteiger partial charge is 0.258 e. The van der Waals surface area contributed by atoms with E-state index in [1.807, 2.05) is 18.2 Å². The maximum absolute atomic E-state index is 13.8. The Labute approximate surface area is 187 Å². The highest BCUT2D eigenvalue weighted by atomic mass is 19.1. The molecule has 0 radical (unpaired) electrons. The molecule has 0 saturated carbocycles. The number of piperidine rings is 1. The van der Waals surface area contributed by atoms with Crippen LogP contribution in [0.15, 0.2) is 72.8 Å². The van der Waals surface area contributed by atoms with Gasteiger partial charge in [0.2, 0.25) is 0 Å². The van der Waals surface area contributed by atoms with Crippen LogP contribution in [0.3, 0.4) is 0 Å². The molecule has 1 heterocycles. The molecule has 2 amide bonds. The van der Waals surface area contributed by atoms with Crippen LogP contribution in [0.5, 0.6) is 0 Å². The van der Waals surface area contributed by atoms with Crippen molar-refractivity contribution >= 4 is 28.9 Å². The van der Waals surface area contributed by atoms with E-state index in [4.69, 9.17) is 0 Å². The van der Waals surface area contributed by atoms with E-state index in [2.05, 4.69) is 16.3 Å². The van der Waals surface area contributed by atoms with Crippen molar-refractivity contribution in [3.8, 4) is 0 Å². The maximum atomic E-state index is 13.8. The van der Waals surface area contributed by atoms with E-state index < -0.39 is 11.7 Å². The molecule has 0 atom stereocenters. The highest BCUT2D eigenvalue weighted by Crippen LogP contribution is 2.31. The summed E-state index contributed by atoms with van der Waals surface area (Å²) in [6, 6.07) is 20.4. The monoisotopic (exact) mass is 431 g/mol. The minimum absolute atomic E-state index is 0.0262. The molecular formula is C26H26FN3O2. The summed E-state index contributed by atoms with van der Waals surface area (Å²) in [5, 5.41) is 2.67. The minimum atomic E-state index is -0.578. The van der Waals surface area contributed by atoms with Gasteiger partial charge in [-0.1, -0.05) is 24.3 Å². The van der Waals surface area contributed by atoms with Crippen molar-refractivity contribution in [1.82, 2.24) is 0 Å². The molecule has 164 valence electrons. The third kappa shape index (κ3) is 4.64. The van der Waals surface area contributed by atoms with Crippen LogP contribution in [0.25, 0.3) is 0 Å². The molecule has 5 nitrogen and oxygen atoms in total. The predicted octanol–water partition coefficient (Wildman–Crippen LogP) is 5.34. The highest BCUT2D eigenvalue weighted by molar-refractivity contribution is 6.08. The molecule has 6 heteroatoms. The predicted molar refractivity (Wildman–Crippen MR) is 126 cm³/mol. The van der Waals surface area contributed by atoms with Gasteiger partial charge in [-0.3, -0.25) is 9.59 Å². The average molecular weight is 432 g/mol. The van der Waals surface area contributed by atoms with Gasteiger partial charge in [0.1, 0.15) is 5.82 Å². The van der Waals surface area contributed by atoms with Gasteiger partial charge in [0.25, 0.3) is 11.8 Å². The summed E-state index contributed by atoms with van der Waals surface area (Å²) in [5.41, 5.74) is 2.91. The van der Waals surface area contributed by atoms with Gasteiger partial charge in [-0.05, 0) is 67.8 Å². The van der Waals surface area contributed by atoms with Gasteiger partial charge < -0.3 is 15.1 Å². The molecule has 1 fully saturated rings. The molecule has 0 bridgehead atoms. The number of carbonyl (C=O) groups is 2. The molecule has 0 aromatic heterocycles. The zero-order valence-electron chi connectivity index (χ0n) is 18.1. The maximum Gasteiger partial charge on any atom is 0.258 e. The van der Waals surface area contributed by atoms with Crippen molar-refractivity contribution in [3.05, 3.63) is 89.7 Å². The fourth-order valence-corrected chi connectivity index (χ4v) is 3.99. The van der Waals surface area contributed by atoms with Crippen molar-refractivity contribution in [2.75, 3.05) is 35.3 Å². The second-order valence-corrected chi connectivity index (χ2v) is 7.91. The largest absolute Gasteiger partial charge is 0.370 e. The number of amides is 2. The first kappa shape index (κ1) is 21.6. The normalized spacial score (nSPS) is 13.5. The summed E-state index contributed by atoms with van der Waals surface area (Å²) in [4.78, 5) is 29.5. The van der Waals surface area contributed by atoms with E-state index in [0.717, 1.165) is 37.3 Å². The highest BCUT2D eigenvalue weighted by Gasteiger charge is 2.20. The number of para-hydroxylation sites is 2. The third-order valence-electron chi connectivity index (χ3n) is 5.75. The standard InChI is InChI=1S/C26H26FN3O2/c1-29(23-11-5-6-12-24(23)30-17-7-2-8-18-30)26(32)19-13-15-20(16-14-19)28-25(31)21-9-3-4-10-22(21)27/h3-6,9-16H,2,7-8,17-18H2,1H3,(H,28,31). The van der Waals surface area contributed by atoms with Crippen molar-refractivity contribution in [1.29, 1.82) is 0 Å². The number of benzene rings is 3. The summed E-state index contributed by atoms with van der Waals surface area (Å²) in [7, 11) is 1.78. The average Bonchev–Trinajstić information content (AvgIpc) is 2.84. The van der Waals surface area contributed by atoms with Gasteiger partial charge >= 0.3 is 0 Å². The number of rotatable bonds is 5. The summed E-state index contributed by atoms with van der Waals surface area (Å²) < 4.78 is 13.8. The summed E-state index contributed by atoms with van der Waals surface area (Å²) in [5.74, 6) is -1.25. The van der Waals surface area contributed by atoms with Gasteiger partial charge in [0.15, 0.2) is 0 Å². The molecule has 1 aliphatic rings. The zero-order valence-corrected chi connectivity index (χ0v) is 18.1. The molecule has 0 unspecified atom stereocenters. The lowest BCUT2D eigenvalue weighted by atomic mass is 10.1. The Balaban J connectivity index is 1.48. The quantitative estimate of drug-likeness (QED) is 0.593. The Bertz CT molecular complexity index is 1110. The van der Waals surface area contributed by atoms with Crippen LogP contribution in [0, 0.1) is 5.82 Å². The van der Waals surface area contributed by atoms with Crippen LogP contribution in [0.4, 0.5) is 21.5 Å². The van der Waals surface area contributed by atoms with Gasteiger partial charge in [-0.25, -0.2) is 4.39 Å². The van der Waals surface area contributed by atoms with Gasteiger partial charge in [-0.15, -0.1) is 0 Å². The van der Waals surface area contributed by atoms with Gasteiger partial charge in [-0.2, -0.15) is 0 Å². The number of nitrogens with one attached hydrogen (secondary N) is 1. The second kappa shape index (κ2) is 9.64. The van der Waals surface area contributed by atoms with Crippen LogP contribution < -0.4 is 15.1 Å². The molecule has 3 aromatic carbocycles. The molecule has 0 aliphatic carbocycles.